The van der Waals surface area contributed by atoms with E-state index in [-0.39, 0.29) is 6.79 Å². The number of pyridine rings is 1. The van der Waals surface area contributed by atoms with Crippen LogP contribution < -0.4 is 4.74 Å². The molecule has 0 unspecified atom stereocenters. The van der Waals surface area contributed by atoms with Crippen molar-refractivity contribution in [1.82, 2.24) is 4.98 Å². The maximum atomic E-state index is 5.41. The monoisotopic (exact) mass is 259 g/mol. The van der Waals surface area contributed by atoms with Crippen molar-refractivity contribution < 1.29 is 9.47 Å². The summed E-state index contributed by atoms with van der Waals surface area (Å²) in [5.74, 6) is 0.779. The molecule has 3 nitrogen and oxygen atoms in total. The Morgan fingerprint density at radius 3 is 2.86 bits per heavy atom. The van der Waals surface area contributed by atoms with Gasteiger partial charge in [-0.05, 0) is 26.0 Å². The molecule has 1 heterocycles. The summed E-state index contributed by atoms with van der Waals surface area (Å²) in [6.07, 6.45) is 0. The number of aromatic nitrogens is 1. The van der Waals surface area contributed by atoms with Crippen LogP contribution in [0, 0.1) is 6.92 Å². The van der Waals surface area contributed by atoms with E-state index in [9.17, 15) is 0 Å². The first-order valence-corrected chi connectivity index (χ1v) is 5.63. The third-order valence-electron chi connectivity index (χ3n) is 1.70. The van der Waals surface area contributed by atoms with Gasteiger partial charge < -0.3 is 9.47 Å². The van der Waals surface area contributed by atoms with Crippen molar-refractivity contribution in [2.24, 2.45) is 0 Å². The normalized spacial score (nSPS) is 10.2. The van der Waals surface area contributed by atoms with E-state index >= 15 is 0 Å². The summed E-state index contributed by atoms with van der Waals surface area (Å²) in [7, 11) is 0. The second-order valence-electron chi connectivity index (χ2n) is 2.79. The van der Waals surface area contributed by atoms with Crippen molar-refractivity contribution >= 4 is 15.9 Å². The molecule has 0 aliphatic rings. The molecule has 0 atom stereocenters. The molecular weight excluding hydrogens is 246 g/mol. The molecule has 0 radical (unpaired) electrons. The molecule has 4 heteroatoms. The van der Waals surface area contributed by atoms with Crippen LogP contribution in [0.2, 0.25) is 0 Å². The molecule has 0 aliphatic carbocycles. The Bertz CT molecular complexity index is 291. The van der Waals surface area contributed by atoms with E-state index in [1.54, 1.807) is 0 Å². The predicted molar refractivity (Wildman–Crippen MR) is 58.7 cm³/mol. The third kappa shape index (κ3) is 3.27. The Morgan fingerprint density at radius 2 is 2.21 bits per heavy atom. The second-order valence-corrected chi connectivity index (χ2v) is 3.35. The smallest absolute Gasteiger partial charge is 0.189 e. The number of alkyl halides is 1. The van der Waals surface area contributed by atoms with Crippen LogP contribution in [0.1, 0.15) is 18.3 Å². The van der Waals surface area contributed by atoms with Crippen molar-refractivity contribution in [2.75, 3.05) is 13.4 Å². The van der Waals surface area contributed by atoms with Gasteiger partial charge in [-0.2, -0.15) is 0 Å². The fraction of sp³-hybridized carbons (Fsp3) is 0.500. The van der Waals surface area contributed by atoms with Crippen molar-refractivity contribution in [3.63, 3.8) is 0 Å². The molecular formula is C10H14BrNO2. The minimum atomic E-state index is 0.279. The topological polar surface area (TPSA) is 31.4 Å². The van der Waals surface area contributed by atoms with Gasteiger partial charge in [0.2, 0.25) is 0 Å². The van der Waals surface area contributed by atoms with E-state index in [0.29, 0.717) is 11.9 Å². The van der Waals surface area contributed by atoms with Crippen molar-refractivity contribution in [1.29, 1.82) is 0 Å². The zero-order valence-electron chi connectivity index (χ0n) is 8.42. The van der Waals surface area contributed by atoms with Gasteiger partial charge in [-0.15, -0.1) is 0 Å². The first-order chi connectivity index (χ1) is 6.77. The van der Waals surface area contributed by atoms with Crippen LogP contribution in [0.25, 0.3) is 0 Å². The largest absolute Gasteiger partial charge is 0.466 e. The Balaban J connectivity index is 2.65. The Morgan fingerprint density at radius 1 is 1.43 bits per heavy atom. The van der Waals surface area contributed by atoms with Crippen LogP contribution in [-0.2, 0) is 10.1 Å². The third-order valence-corrected chi connectivity index (χ3v) is 2.23. The number of aryl methyl sites for hydroxylation is 1. The SMILES string of the molecule is CCOCOc1ccc(C)nc1CBr. The molecule has 1 rings (SSSR count). The molecule has 0 aliphatic heterocycles. The van der Waals surface area contributed by atoms with Crippen molar-refractivity contribution in [3.8, 4) is 5.75 Å². The van der Waals surface area contributed by atoms with E-state index in [2.05, 4.69) is 20.9 Å². The molecule has 0 saturated carbocycles. The Kier molecular flexibility index (Phi) is 4.90. The van der Waals surface area contributed by atoms with Gasteiger partial charge in [0.25, 0.3) is 0 Å². The Hall–Kier alpha value is -0.610. The standard InChI is InChI=1S/C10H14BrNO2/c1-3-13-7-14-10-5-4-8(2)12-9(10)6-11/h4-5H,3,6-7H2,1-2H3. The van der Waals surface area contributed by atoms with Crippen LogP contribution >= 0.6 is 15.9 Å². The first-order valence-electron chi connectivity index (χ1n) is 4.51. The number of hydrogen-bond donors (Lipinski definition) is 0. The molecule has 0 amide bonds. The fourth-order valence-electron chi connectivity index (χ4n) is 1.01. The summed E-state index contributed by atoms with van der Waals surface area (Å²) in [5, 5.41) is 0.691. The van der Waals surface area contributed by atoms with Crippen LogP contribution in [0.5, 0.6) is 5.75 Å². The number of ether oxygens (including phenoxy) is 2. The maximum absolute atomic E-state index is 5.41. The number of rotatable bonds is 5. The van der Waals surface area contributed by atoms with Crippen LogP contribution in [0.4, 0.5) is 0 Å². The summed E-state index contributed by atoms with van der Waals surface area (Å²) in [4.78, 5) is 4.34. The Labute approximate surface area is 92.6 Å². The van der Waals surface area contributed by atoms with Crippen LogP contribution in [-0.4, -0.2) is 18.4 Å². The van der Waals surface area contributed by atoms with Gasteiger partial charge in [0.05, 0.1) is 5.69 Å². The second kappa shape index (κ2) is 5.98. The van der Waals surface area contributed by atoms with Gasteiger partial charge >= 0.3 is 0 Å². The molecule has 0 fully saturated rings. The summed E-state index contributed by atoms with van der Waals surface area (Å²) >= 11 is 3.37. The van der Waals surface area contributed by atoms with Crippen LogP contribution in [0.3, 0.4) is 0 Å². The highest BCUT2D eigenvalue weighted by Gasteiger charge is 2.03. The molecule has 0 spiro atoms. The number of hydrogen-bond acceptors (Lipinski definition) is 3. The lowest BCUT2D eigenvalue weighted by Crippen LogP contribution is -2.04. The maximum Gasteiger partial charge on any atom is 0.189 e. The van der Waals surface area contributed by atoms with Crippen LogP contribution in [0.15, 0.2) is 12.1 Å². The minimum absolute atomic E-state index is 0.279. The minimum Gasteiger partial charge on any atom is -0.466 e. The molecule has 78 valence electrons. The highest BCUT2D eigenvalue weighted by Crippen LogP contribution is 2.19. The van der Waals surface area contributed by atoms with Crippen molar-refractivity contribution in [3.05, 3.63) is 23.5 Å². The highest BCUT2D eigenvalue weighted by molar-refractivity contribution is 9.08. The van der Waals surface area contributed by atoms with Gasteiger partial charge in [-0.3, -0.25) is 4.98 Å². The van der Waals surface area contributed by atoms with E-state index in [0.717, 1.165) is 17.1 Å². The number of nitrogens with zero attached hydrogens (tertiary/aromatic N) is 1. The lowest BCUT2D eigenvalue weighted by Gasteiger charge is -2.09. The first kappa shape index (κ1) is 11.5. The van der Waals surface area contributed by atoms with Crippen molar-refractivity contribution in [2.45, 2.75) is 19.2 Å². The predicted octanol–water partition coefficient (Wildman–Crippen LogP) is 2.66. The van der Waals surface area contributed by atoms with E-state index < -0.39 is 0 Å². The van der Waals surface area contributed by atoms with Gasteiger partial charge in [-0.1, -0.05) is 15.9 Å². The quantitative estimate of drug-likeness (QED) is 0.463. The zero-order chi connectivity index (χ0) is 10.4. The average molecular weight is 260 g/mol. The highest BCUT2D eigenvalue weighted by atomic mass is 79.9. The zero-order valence-corrected chi connectivity index (χ0v) is 10.0. The molecule has 0 saturated heterocycles. The lowest BCUT2D eigenvalue weighted by molar-refractivity contribution is 0.0217. The fourth-order valence-corrected chi connectivity index (χ4v) is 1.42. The molecule has 1 aromatic heterocycles. The van der Waals surface area contributed by atoms with Gasteiger partial charge in [0.1, 0.15) is 5.75 Å². The van der Waals surface area contributed by atoms with Gasteiger partial charge in [0, 0.05) is 17.6 Å². The molecule has 0 bridgehead atoms. The number of halogens is 1. The summed E-state index contributed by atoms with van der Waals surface area (Å²) in [6, 6.07) is 3.84. The lowest BCUT2D eigenvalue weighted by atomic mass is 10.3. The van der Waals surface area contributed by atoms with E-state index in [1.165, 1.54) is 0 Å². The van der Waals surface area contributed by atoms with Gasteiger partial charge in [0.15, 0.2) is 6.79 Å². The molecule has 0 N–H and O–H groups in total. The summed E-state index contributed by atoms with van der Waals surface area (Å²) in [5.41, 5.74) is 1.90. The van der Waals surface area contributed by atoms with Gasteiger partial charge in [-0.25, -0.2) is 0 Å². The molecule has 14 heavy (non-hydrogen) atoms. The van der Waals surface area contributed by atoms with E-state index in [4.69, 9.17) is 9.47 Å². The molecule has 0 aromatic carbocycles. The summed E-state index contributed by atoms with van der Waals surface area (Å²) in [6.45, 7) is 4.82. The average Bonchev–Trinajstić information content (AvgIpc) is 2.20. The molecule has 1 aromatic rings. The van der Waals surface area contributed by atoms with E-state index in [1.807, 2.05) is 26.0 Å². The summed E-state index contributed by atoms with van der Waals surface area (Å²) < 4.78 is 10.5.